The second-order valence-electron chi connectivity index (χ2n) is 6.37. The van der Waals surface area contributed by atoms with Crippen molar-refractivity contribution >= 4 is 17.7 Å². The van der Waals surface area contributed by atoms with E-state index in [2.05, 4.69) is 10.6 Å². The minimum atomic E-state index is -0.554. The first-order valence-corrected chi connectivity index (χ1v) is 7.76. The molecule has 0 atom stereocenters. The van der Waals surface area contributed by atoms with E-state index in [-0.39, 0.29) is 5.91 Å². The molecule has 0 spiro atoms. The van der Waals surface area contributed by atoms with Gasteiger partial charge in [0.15, 0.2) is 0 Å². The molecule has 0 aliphatic rings. The number of benzene rings is 2. The first-order valence-electron chi connectivity index (χ1n) is 7.76. The number of ether oxygens (including phenoxy) is 1. The van der Waals surface area contributed by atoms with Crippen molar-refractivity contribution < 1.29 is 14.3 Å². The highest BCUT2D eigenvalue weighted by Gasteiger charge is 2.16. The highest BCUT2D eigenvalue weighted by atomic mass is 16.6. The van der Waals surface area contributed by atoms with E-state index >= 15 is 0 Å². The maximum atomic E-state index is 12.1. The minimum Gasteiger partial charge on any atom is -0.444 e. The van der Waals surface area contributed by atoms with Gasteiger partial charge in [-0.15, -0.1) is 0 Å². The standard InChI is InChI=1S/C19H22N2O3/c1-19(2,3)24-18(23)21-16-11-9-15(10-12-16)17(22)20-13-14-7-5-4-6-8-14/h4-12H,13H2,1-3H3,(H,20,22)(H,21,23). The third-order valence-electron chi connectivity index (χ3n) is 3.09. The van der Waals surface area contributed by atoms with Gasteiger partial charge >= 0.3 is 6.09 Å². The number of anilines is 1. The van der Waals surface area contributed by atoms with Crippen LogP contribution in [-0.2, 0) is 11.3 Å². The molecule has 126 valence electrons. The molecule has 24 heavy (non-hydrogen) atoms. The normalized spacial score (nSPS) is 10.8. The molecule has 0 heterocycles. The van der Waals surface area contributed by atoms with Crippen LogP contribution in [0.5, 0.6) is 0 Å². The monoisotopic (exact) mass is 326 g/mol. The van der Waals surface area contributed by atoms with Crippen LogP contribution in [0.1, 0.15) is 36.7 Å². The molecule has 0 aromatic heterocycles. The minimum absolute atomic E-state index is 0.164. The topological polar surface area (TPSA) is 67.4 Å². The molecule has 2 aromatic rings. The molecular weight excluding hydrogens is 304 g/mol. The lowest BCUT2D eigenvalue weighted by molar-refractivity contribution is 0.0635. The van der Waals surface area contributed by atoms with E-state index in [1.54, 1.807) is 45.0 Å². The summed E-state index contributed by atoms with van der Waals surface area (Å²) in [5.41, 5.74) is 1.58. The fraction of sp³-hybridized carbons (Fsp3) is 0.263. The Hall–Kier alpha value is -2.82. The molecule has 0 aliphatic carbocycles. The van der Waals surface area contributed by atoms with Crippen LogP contribution >= 0.6 is 0 Å². The molecule has 2 amide bonds. The summed E-state index contributed by atoms with van der Waals surface area (Å²) >= 11 is 0. The molecule has 0 saturated carbocycles. The van der Waals surface area contributed by atoms with E-state index in [9.17, 15) is 9.59 Å². The lowest BCUT2D eigenvalue weighted by Crippen LogP contribution is -2.27. The van der Waals surface area contributed by atoms with Crippen molar-refractivity contribution in [2.75, 3.05) is 5.32 Å². The first-order chi connectivity index (χ1) is 11.3. The van der Waals surface area contributed by atoms with Gasteiger partial charge in [0.1, 0.15) is 5.60 Å². The fourth-order valence-corrected chi connectivity index (χ4v) is 2.01. The van der Waals surface area contributed by atoms with Crippen LogP contribution in [0, 0.1) is 0 Å². The van der Waals surface area contributed by atoms with Crippen molar-refractivity contribution in [1.29, 1.82) is 0 Å². The number of hydrogen-bond donors (Lipinski definition) is 2. The highest BCUT2D eigenvalue weighted by molar-refractivity contribution is 5.95. The molecule has 0 radical (unpaired) electrons. The number of carbonyl (C=O) groups excluding carboxylic acids is 2. The lowest BCUT2D eigenvalue weighted by Gasteiger charge is -2.19. The number of hydrogen-bond acceptors (Lipinski definition) is 3. The summed E-state index contributed by atoms with van der Waals surface area (Å²) in [6.45, 7) is 5.86. The predicted molar refractivity (Wildman–Crippen MR) is 93.9 cm³/mol. The van der Waals surface area contributed by atoms with Crippen LogP contribution in [0.2, 0.25) is 0 Å². The van der Waals surface area contributed by atoms with Crippen LogP contribution in [0.15, 0.2) is 54.6 Å². The Bertz CT molecular complexity index is 689. The molecule has 2 aromatic carbocycles. The zero-order chi connectivity index (χ0) is 17.6. The largest absolute Gasteiger partial charge is 0.444 e. The Kier molecular flexibility index (Phi) is 5.58. The summed E-state index contributed by atoms with van der Waals surface area (Å²) in [6, 6.07) is 16.4. The van der Waals surface area contributed by atoms with E-state index in [1.165, 1.54) is 0 Å². The van der Waals surface area contributed by atoms with Gasteiger partial charge in [0.2, 0.25) is 0 Å². The number of nitrogens with one attached hydrogen (secondary N) is 2. The molecule has 0 aliphatic heterocycles. The van der Waals surface area contributed by atoms with Crippen molar-refractivity contribution in [1.82, 2.24) is 5.32 Å². The fourth-order valence-electron chi connectivity index (χ4n) is 2.01. The maximum absolute atomic E-state index is 12.1. The van der Waals surface area contributed by atoms with Gasteiger partial charge in [-0.05, 0) is 50.6 Å². The Morgan fingerprint density at radius 2 is 1.58 bits per heavy atom. The van der Waals surface area contributed by atoms with E-state index in [0.717, 1.165) is 5.56 Å². The quantitative estimate of drug-likeness (QED) is 0.893. The molecule has 5 nitrogen and oxygen atoms in total. The zero-order valence-corrected chi connectivity index (χ0v) is 14.1. The molecule has 5 heteroatoms. The number of rotatable bonds is 4. The second-order valence-corrected chi connectivity index (χ2v) is 6.37. The van der Waals surface area contributed by atoms with E-state index < -0.39 is 11.7 Å². The summed E-state index contributed by atoms with van der Waals surface area (Å²) in [7, 11) is 0. The van der Waals surface area contributed by atoms with Gasteiger partial charge in [-0.2, -0.15) is 0 Å². The average Bonchev–Trinajstić information content (AvgIpc) is 2.52. The zero-order valence-electron chi connectivity index (χ0n) is 14.1. The van der Waals surface area contributed by atoms with E-state index in [1.807, 2.05) is 30.3 Å². The smallest absolute Gasteiger partial charge is 0.412 e. The number of amides is 2. The summed E-state index contributed by atoms with van der Waals surface area (Å²) in [5, 5.41) is 5.49. The first kappa shape index (κ1) is 17.5. The summed E-state index contributed by atoms with van der Waals surface area (Å²) in [5.74, 6) is -0.164. The Morgan fingerprint density at radius 1 is 0.958 bits per heavy atom. The van der Waals surface area contributed by atoms with Crippen molar-refractivity contribution in [2.45, 2.75) is 32.9 Å². The van der Waals surface area contributed by atoms with Crippen molar-refractivity contribution in [3.63, 3.8) is 0 Å². The molecule has 0 fully saturated rings. The summed E-state index contributed by atoms with van der Waals surface area (Å²) in [4.78, 5) is 23.8. The maximum Gasteiger partial charge on any atom is 0.412 e. The molecule has 2 rings (SSSR count). The van der Waals surface area contributed by atoms with Gasteiger partial charge in [0, 0.05) is 17.8 Å². The third-order valence-corrected chi connectivity index (χ3v) is 3.09. The molecular formula is C19H22N2O3. The van der Waals surface area contributed by atoms with Gasteiger partial charge in [0.25, 0.3) is 5.91 Å². The van der Waals surface area contributed by atoms with Crippen molar-refractivity contribution in [3.05, 3.63) is 65.7 Å². The molecule has 2 N–H and O–H groups in total. The van der Waals surface area contributed by atoms with Crippen molar-refractivity contribution in [3.8, 4) is 0 Å². The summed E-state index contributed by atoms with van der Waals surface area (Å²) < 4.78 is 5.18. The summed E-state index contributed by atoms with van der Waals surface area (Å²) in [6.07, 6.45) is -0.524. The molecule has 0 unspecified atom stereocenters. The van der Waals surface area contributed by atoms with E-state index in [0.29, 0.717) is 17.8 Å². The number of carbonyl (C=O) groups is 2. The molecule has 0 bridgehead atoms. The van der Waals surface area contributed by atoms with E-state index in [4.69, 9.17) is 4.74 Å². The van der Waals surface area contributed by atoms with Gasteiger partial charge in [0.05, 0.1) is 0 Å². The van der Waals surface area contributed by atoms with Gasteiger partial charge in [-0.25, -0.2) is 4.79 Å². The Morgan fingerprint density at radius 3 is 2.17 bits per heavy atom. The Balaban J connectivity index is 1.89. The van der Waals surface area contributed by atoms with Crippen LogP contribution < -0.4 is 10.6 Å². The van der Waals surface area contributed by atoms with Crippen molar-refractivity contribution in [2.24, 2.45) is 0 Å². The van der Waals surface area contributed by atoms with Gasteiger partial charge in [-0.1, -0.05) is 30.3 Å². The van der Waals surface area contributed by atoms with Crippen LogP contribution in [0.3, 0.4) is 0 Å². The van der Waals surface area contributed by atoms with Crippen LogP contribution in [-0.4, -0.2) is 17.6 Å². The SMILES string of the molecule is CC(C)(C)OC(=O)Nc1ccc(C(=O)NCc2ccccc2)cc1. The Labute approximate surface area is 142 Å². The van der Waals surface area contributed by atoms with Crippen LogP contribution in [0.4, 0.5) is 10.5 Å². The lowest BCUT2D eigenvalue weighted by atomic mass is 10.1. The average molecular weight is 326 g/mol. The predicted octanol–water partition coefficient (Wildman–Crippen LogP) is 3.96. The van der Waals surface area contributed by atoms with Gasteiger partial charge in [-0.3, -0.25) is 10.1 Å². The van der Waals surface area contributed by atoms with Crippen LogP contribution in [0.25, 0.3) is 0 Å². The third kappa shape index (κ3) is 5.76. The molecule has 0 saturated heterocycles. The highest BCUT2D eigenvalue weighted by Crippen LogP contribution is 2.13. The second kappa shape index (κ2) is 7.64. The van der Waals surface area contributed by atoms with Gasteiger partial charge < -0.3 is 10.1 Å².